The molecule has 100 valence electrons. The van der Waals surface area contributed by atoms with Gasteiger partial charge in [0, 0.05) is 12.1 Å². The number of nitrogens with zero attached hydrogens (tertiary/aromatic N) is 1. The molecule has 0 N–H and O–H groups in total. The third-order valence-electron chi connectivity index (χ3n) is 4.05. The van der Waals surface area contributed by atoms with Crippen LogP contribution in [0.15, 0.2) is 36.4 Å². The SMILES string of the molecule is COc1ccc2ccccc2c1CN1CCCCC1. The van der Waals surface area contributed by atoms with Crippen molar-refractivity contribution in [3.8, 4) is 5.75 Å². The molecule has 1 heterocycles. The summed E-state index contributed by atoms with van der Waals surface area (Å²) in [7, 11) is 1.77. The Bertz CT molecular complexity index is 558. The Morgan fingerprint density at radius 2 is 1.79 bits per heavy atom. The Morgan fingerprint density at radius 3 is 2.58 bits per heavy atom. The van der Waals surface area contributed by atoms with Crippen molar-refractivity contribution >= 4 is 10.8 Å². The van der Waals surface area contributed by atoms with Crippen molar-refractivity contribution in [2.24, 2.45) is 0 Å². The molecule has 2 nitrogen and oxygen atoms in total. The number of rotatable bonds is 3. The van der Waals surface area contributed by atoms with Gasteiger partial charge in [0.2, 0.25) is 0 Å². The Hall–Kier alpha value is -1.54. The Balaban J connectivity index is 1.98. The number of methoxy groups -OCH3 is 1. The average Bonchev–Trinajstić information content (AvgIpc) is 2.49. The van der Waals surface area contributed by atoms with Gasteiger partial charge in [-0.15, -0.1) is 0 Å². The first-order chi connectivity index (χ1) is 9.38. The van der Waals surface area contributed by atoms with Gasteiger partial charge in [-0.2, -0.15) is 0 Å². The Labute approximate surface area is 115 Å². The molecule has 19 heavy (non-hydrogen) atoms. The molecule has 1 aliphatic rings. The molecule has 0 unspecified atom stereocenters. The van der Waals surface area contributed by atoms with E-state index in [9.17, 15) is 0 Å². The third kappa shape index (κ3) is 2.59. The summed E-state index contributed by atoms with van der Waals surface area (Å²) in [4.78, 5) is 2.55. The molecule has 2 aromatic carbocycles. The van der Waals surface area contributed by atoms with Crippen LogP contribution >= 0.6 is 0 Å². The van der Waals surface area contributed by atoms with Crippen molar-refractivity contribution in [2.75, 3.05) is 20.2 Å². The van der Waals surface area contributed by atoms with Gasteiger partial charge in [0.25, 0.3) is 0 Å². The summed E-state index contributed by atoms with van der Waals surface area (Å²) in [5.74, 6) is 1.02. The number of piperidine rings is 1. The van der Waals surface area contributed by atoms with Crippen LogP contribution in [0.5, 0.6) is 5.75 Å². The van der Waals surface area contributed by atoms with Crippen molar-refractivity contribution in [1.82, 2.24) is 4.90 Å². The maximum Gasteiger partial charge on any atom is 0.123 e. The van der Waals surface area contributed by atoms with Crippen LogP contribution in [0.25, 0.3) is 10.8 Å². The van der Waals surface area contributed by atoms with Crippen LogP contribution in [0.3, 0.4) is 0 Å². The van der Waals surface area contributed by atoms with Crippen LogP contribution in [0.2, 0.25) is 0 Å². The second-order valence-electron chi connectivity index (χ2n) is 5.30. The van der Waals surface area contributed by atoms with E-state index in [0.717, 1.165) is 12.3 Å². The predicted octanol–water partition coefficient (Wildman–Crippen LogP) is 3.83. The first-order valence-electron chi connectivity index (χ1n) is 7.15. The minimum Gasteiger partial charge on any atom is -0.496 e. The minimum atomic E-state index is 1.00. The molecular weight excluding hydrogens is 234 g/mol. The average molecular weight is 255 g/mol. The van der Waals surface area contributed by atoms with Gasteiger partial charge >= 0.3 is 0 Å². The third-order valence-corrected chi connectivity index (χ3v) is 4.05. The molecule has 0 radical (unpaired) electrons. The summed E-state index contributed by atoms with van der Waals surface area (Å²) in [6.07, 6.45) is 4.03. The molecular formula is C17H21NO. The fourth-order valence-electron chi connectivity index (χ4n) is 3.01. The molecule has 1 fully saturated rings. The maximum atomic E-state index is 5.57. The van der Waals surface area contributed by atoms with Crippen molar-refractivity contribution in [1.29, 1.82) is 0 Å². The zero-order valence-electron chi connectivity index (χ0n) is 11.6. The van der Waals surface area contributed by atoms with E-state index in [2.05, 4.69) is 41.3 Å². The van der Waals surface area contributed by atoms with E-state index in [0.29, 0.717) is 0 Å². The standard InChI is InChI=1S/C17H21NO/c1-19-17-10-9-14-7-3-4-8-15(14)16(17)13-18-11-5-2-6-12-18/h3-4,7-10H,2,5-6,11-13H2,1H3. The lowest BCUT2D eigenvalue weighted by molar-refractivity contribution is 0.219. The minimum absolute atomic E-state index is 1.00. The van der Waals surface area contributed by atoms with Gasteiger partial charge in [0.15, 0.2) is 0 Å². The maximum absolute atomic E-state index is 5.57. The number of likely N-dealkylation sites (tertiary alicyclic amines) is 1. The Kier molecular flexibility index (Phi) is 3.69. The number of ether oxygens (including phenoxy) is 1. The molecule has 0 spiro atoms. The highest BCUT2D eigenvalue weighted by molar-refractivity contribution is 5.87. The topological polar surface area (TPSA) is 12.5 Å². The molecule has 2 heteroatoms. The summed E-state index contributed by atoms with van der Waals surface area (Å²) in [5.41, 5.74) is 1.34. The molecule has 0 atom stereocenters. The van der Waals surface area contributed by atoms with Crippen molar-refractivity contribution < 1.29 is 4.74 Å². The number of hydrogen-bond acceptors (Lipinski definition) is 2. The second-order valence-corrected chi connectivity index (χ2v) is 5.30. The fraction of sp³-hybridized carbons (Fsp3) is 0.412. The molecule has 0 bridgehead atoms. The monoisotopic (exact) mass is 255 g/mol. The van der Waals surface area contributed by atoms with Crippen molar-refractivity contribution in [2.45, 2.75) is 25.8 Å². The van der Waals surface area contributed by atoms with E-state index in [-0.39, 0.29) is 0 Å². The number of fused-ring (bicyclic) bond motifs is 1. The highest BCUT2D eigenvalue weighted by Gasteiger charge is 2.15. The van der Waals surface area contributed by atoms with E-state index >= 15 is 0 Å². The molecule has 0 amide bonds. The molecule has 3 rings (SSSR count). The molecule has 0 saturated carbocycles. The van der Waals surface area contributed by atoms with E-state index in [4.69, 9.17) is 4.74 Å². The van der Waals surface area contributed by atoms with E-state index in [1.807, 2.05) is 0 Å². The van der Waals surface area contributed by atoms with Gasteiger partial charge in [-0.1, -0.05) is 36.8 Å². The van der Waals surface area contributed by atoms with Crippen LogP contribution in [-0.4, -0.2) is 25.1 Å². The fourth-order valence-corrected chi connectivity index (χ4v) is 3.01. The summed E-state index contributed by atoms with van der Waals surface area (Å²) >= 11 is 0. The highest BCUT2D eigenvalue weighted by atomic mass is 16.5. The number of benzene rings is 2. The van der Waals surface area contributed by atoms with Crippen LogP contribution in [-0.2, 0) is 6.54 Å². The first-order valence-corrected chi connectivity index (χ1v) is 7.15. The lowest BCUT2D eigenvalue weighted by atomic mass is 10.0. The van der Waals surface area contributed by atoms with Crippen molar-refractivity contribution in [3.05, 3.63) is 42.0 Å². The van der Waals surface area contributed by atoms with E-state index in [1.54, 1.807) is 7.11 Å². The lowest BCUT2D eigenvalue weighted by Crippen LogP contribution is -2.29. The Morgan fingerprint density at radius 1 is 1.00 bits per heavy atom. The number of hydrogen-bond donors (Lipinski definition) is 0. The highest BCUT2D eigenvalue weighted by Crippen LogP contribution is 2.29. The summed E-state index contributed by atoms with van der Waals surface area (Å²) in [6.45, 7) is 3.43. The summed E-state index contributed by atoms with van der Waals surface area (Å²) in [5, 5.41) is 2.63. The largest absolute Gasteiger partial charge is 0.496 e. The van der Waals surface area contributed by atoms with Crippen molar-refractivity contribution in [3.63, 3.8) is 0 Å². The van der Waals surface area contributed by atoms with Crippen LogP contribution in [0.1, 0.15) is 24.8 Å². The van der Waals surface area contributed by atoms with E-state index < -0.39 is 0 Å². The van der Waals surface area contributed by atoms with Gasteiger partial charge < -0.3 is 4.74 Å². The van der Waals surface area contributed by atoms with Gasteiger partial charge in [-0.05, 0) is 42.8 Å². The molecule has 0 aliphatic carbocycles. The van der Waals surface area contributed by atoms with Gasteiger partial charge in [-0.3, -0.25) is 4.90 Å². The first kappa shape index (κ1) is 12.5. The lowest BCUT2D eigenvalue weighted by Gasteiger charge is -2.27. The predicted molar refractivity (Wildman–Crippen MR) is 79.6 cm³/mol. The molecule has 1 aliphatic heterocycles. The van der Waals surface area contributed by atoms with Crippen LogP contribution in [0, 0.1) is 0 Å². The van der Waals surface area contributed by atoms with E-state index in [1.165, 1.54) is 48.7 Å². The molecule has 2 aromatic rings. The smallest absolute Gasteiger partial charge is 0.123 e. The second kappa shape index (κ2) is 5.62. The molecule has 1 saturated heterocycles. The summed E-state index contributed by atoms with van der Waals surface area (Å²) < 4.78 is 5.57. The summed E-state index contributed by atoms with van der Waals surface area (Å²) in [6, 6.07) is 12.8. The zero-order chi connectivity index (χ0) is 13.1. The zero-order valence-corrected chi connectivity index (χ0v) is 11.6. The van der Waals surface area contributed by atoms with Crippen LogP contribution < -0.4 is 4.74 Å². The quantitative estimate of drug-likeness (QED) is 0.826. The normalized spacial score (nSPS) is 16.7. The van der Waals surface area contributed by atoms with Gasteiger partial charge in [-0.25, -0.2) is 0 Å². The van der Waals surface area contributed by atoms with Crippen LogP contribution in [0.4, 0.5) is 0 Å². The van der Waals surface area contributed by atoms with Gasteiger partial charge in [0.1, 0.15) is 5.75 Å². The van der Waals surface area contributed by atoms with Gasteiger partial charge in [0.05, 0.1) is 7.11 Å². The molecule has 0 aromatic heterocycles.